The summed E-state index contributed by atoms with van der Waals surface area (Å²) in [6.45, 7) is 11.0. The highest BCUT2D eigenvalue weighted by atomic mass is 127. The standard InChI is InChI=1S/C13H20BrIOSi/c1-13(2,17(3)4)9-16-8-10-7-11(14)5-6-12(10)15/h5-7,17H,8-9H2,1-4H3. The Hall–Kier alpha value is 0.607. The topological polar surface area (TPSA) is 9.23 Å². The summed E-state index contributed by atoms with van der Waals surface area (Å²) in [5.74, 6) is 0. The van der Waals surface area contributed by atoms with Crippen molar-refractivity contribution in [1.29, 1.82) is 0 Å². The van der Waals surface area contributed by atoms with Gasteiger partial charge in [0, 0.05) is 23.4 Å². The average molecular weight is 427 g/mol. The van der Waals surface area contributed by atoms with Crippen molar-refractivity contribution in [1.82, 2.24) is 0 Å². The molecule has 96 valence electrons. The zero-order valence-corrected chi connectivity index (χ0v) is 15.8. The van der Waals surface area contributed by atoms with Gasteiger partial charge in [0.15, 0.2) is 0 Å². The maximum atomic E-state index is 5.89. The third-order valence-electron chi connectivity index (χ3n) is 3.30. The summed E-state index contributed by atoms with van der Waals surface area (Å²) in [5.41, 5.74) is 1.26. The first-order valence-corrected chi connectivity index (χ1v) is 10.6. The van der Waals surface area contributed by atoms with Crippen LogP contribution in [-0.2, 0) is 11.3 Å². The molecule has 4 heteroatoms. The summed E-state index contributed by atoms with van der Waals surface area (Å²) < 4.78 is 8.28. The molecule has 0 unspecified atom stereocenters. The molecule has 0 fully saturated rings. The van der Waals surface area contributed by atoms with Crippen LogP contribution in [0, 0.1) is 3.57 Å². The van der Waals surface area contributed by atoms with Crippen LogP contribution in [0.3, 0.4) is 0 Å². The Morgan fingerprint density at radius 1 is 1.35 bits per heavy atom. The molecule has 0 N–H and O–H groups in total. The summed E-state index contributed by atoms with van der Waals surface area (Å²) in [7, 11) is -0.663. The fourth-order valence-corrected chi connectivity index (χ4v) is 2.60. The smallest absolute Gasteiger partial charge is 0.0727 e. The highest BCUT2D eigenvalue weighted by Gasteiger charge is 2.23. The Labute approximate surface area is 128 Å². The van der Waals surface area contributed by atoms with Crippen LogP contribution in [-0.4, -0.2) is 15.4 Å². The van der Waals surface area contributed by atoms with Crippen molar-refractivity contribution >= 4 is 47.3 Å². The van der Waals surface area contributed by atoms with Gasteiger partial charge in [-0.15, -0.1) is 0 Å². The van der Waals surface area contributed by atoms with E-state index in [0.717, 1.165) is 11.1 Å². The van der Waals surface area contributed by atoms with E-state index in [1.807, 2.05) is 0 Å². The Morgan fingerprint density at radius 3 is 2.59 bits per heavy atom. The molecule has 0 bridgehead atoms. The van der Waals surface area contributed by atoms with Crippen LogP contribution in [0.25, 0.3) is 0 Å². The first-order valence-electron chi connectivity index (χ1n) is 5.84. The molecular formula is C13H20BrIOSi. The van der Waals surface area contributed by atoms with Crippen molar-refractivity contribution in [2.24, 2.45) is 0 Å². The van der Waals surface area contributed by atoms with Gasteiger partial charge in [-0.2, -0.15) is 0 Å². The second-order valence-corrected chi connectivity index (χ2v) is 11.3. The van der Waals surface area contributed by atoms with Crippen molar-refractivity contribution in [3.63, 3.8) is 0 Å². The van der Waals surface area contributed by atoms with E-state index in [-0.39, 0.29) is 0 Å². The molecule has 0 saturated heterocycles. The Bertz CT molecular complexity index is 380. The van der Waals surface area contributed by atoms with Gasteiger partial charge in [-0.3, -0.25) is 0 Å². The summed E-state index contributed by atoms with van der Waals surface area (Å²) in [5, 5.41) is 0.372. The number of ether oxygens (including phenoxy) is 1. The number of hydrogen-bond acceptors (Lipinski definition) is 1. The predicted octanol–water partition coefficient (Wildman–Crippen LogP) is 4.84. The van der Waals surface area contributed by atoms with Crippen LogP contribution in [0.2, 0.25) is 18.1 Å². The van der Waals surface area contributed by atoms with Crippen molar-refractivity contribution in [3.8, 4) is 0 Å². The molecule has 1 nitrogen and oxygen atoms in total. The SMILES string of the molecule is C[SiH](C)C(C)(C)COCc1cc(Br)ccc1I. The van der Waals surface area contributed by atoms with E-state index >= 15 is 0 Å². The van der Waals surface area contributed by atoms with Gasteiger partial charge >= 0.3 is 0 Å². The summed E-state index contributed by atoms with van der Waals surface area (Å²) in [4.78, 5) is 0. The maximum Gasteiger partial charge on any atom is 0.0727 e. The molecule has 0 amide bonds. The van der Waals surface area contributed by atoms with Crippen LogP contribution in [0.5, 0.6) is 0 Å². The summed E-state index contributed by atoms with van der Waals surface area (Å²) >= 11 is 5.86. The van der Waals surface area contributed by atoms with Gasteiger partial charge in [-0.1, -0.05) is 42.9 Å². The van der Waals surface area contributed by atoms with E-state index in [0.29, 0.717) is 11.6 Å². The Balaban J connectivity index is 2.54. The van der Waals surface area contributed by atoms with E-state index in [2.05, 4.69) is 83.7 Å². The van der Waals surface area contributed by atoms with Crippen molar-refractivity contribution in [2.45, 2.75) is 38.6 Å². The predicted molar refractivity (Wildman–Crippen MR) is 89.4 cm³/mol. The molecule has 0 aliphatic rings. The van der Waals surface area contributed by atoms with Crippen LogP contribution in [0.15, 0.2) is 22.7 Å². The minimum Gasteiger partial charge on any atom is -0.376 e. The van der Waals surface area contributed by atoms with Crippen LogP contribution in [0.4, 0.5) is 0 Å². The van der Waals surface area contributed by atoms with E-state index in [1.54, 1.807) is 0 Å². The van der Waals surface area contributed by atoms with Gasteiger partial charge in [0.1, 0.15) is 0 Å². The molecule has 0 heterocycles. The van der Waals surface area contributed by atoms with Crippen molar-refractivity contribution < 1.29 is 4.74 Å². The summed E-state index contributed by atoms with van der Waals surface area (Å²) in [6, 6.07) is 6.32. The van der Waals surface area contributed by atoms with E-state index < -0.39 is 8.80 Å². The van der Waals surface area contributed by atoms with Crippen LogP contribution in [0.1, 0.15) is 19.4 Å². The molecule has 0 atom stereocenters. The lowest BCUT2D eigenvalue weighted by atomic mass is 10.2. The zero-order valence-electron chi connectivity index (χ0n) is 10.9. The maximum absolute atomic E-state index is 5.89. The van der Waals surface area contributed by atoms with Crippen molar-refractivity contribution in [3.05, 3.63) is 31.8 Å². The molecule has 0 saturated carbocycles. The lowest BCUT2D eigenvalue weighted by Crippen LogP contribution is -2.26. The number of benzene rings is 1. The molecule has 0 radical (unpaired) electrons. The molecule has 1 rings (SSSR count). The van der Waals surface area contributed by atoms with E-state index in [1.165, 1.54) is 9.13 Å². The third kappa shape index (κ3) is 5.01. The molecule has 0 aromatic heterocycles. The molecule has 17 heavy (non-hydrogen) atoms. The lowest BCUT2D eigenvalue weighted by Gasteiger charge is -2.28. The fourth-order valence-electron chi connectivity index (χ4n) is 1.24. The number of rotatable bonds is 5. The minimum atomic E-state index is -0.663. The van der Waals surface area contributed by atoms with Crippen molar-refractivity contribution in [2.75, 3.05) is 6.61 Å². The highest BCUT2D eigenvalue weighted by Crippen LogP contribution is 2.29. The summed E-state index contributed by atoms with van der Waals surface area (Å²) in [6.07, 6.45) is 0. The van der Waals surface area contributed by atoms with Crippen LogP contribution >= 0.6 is 38.5 Å². The quantitative estimate of drug-likeness (QED) is 0.483. The third-order valence-corrected chi connectivity index (χ3v) is 8.14. The number of halogens is 2. The largest absolute Gasteiger partial charge is 0.376 e. The fraction of sp³-hybridized carbons (Fsp3) is 0.538. The first kappa shape index (κ1) is 15.7. The minimum absolute atomic E-state index is 0.372. The second kappa shape index (κ2) is 6.68. The highest BCUT2D eigenvalue weighted by molar-refractivity contribution is 14.1. The van der Waals surface area contributed by atoms with Gasteiger partial charge in [0.2, 0.25) is 0 Å². The van der Waals surface area contributed by atoms with Gasteiger partial charge in [-0.25, -0.2) is 0 Å². The molecule has 0 spiro atoms. The average Bonchev–Trinajstić information content (AvgIpc) is 2.22. The van der Waals surface area contributed by atoms with Gasteiger partial charge in [0.25, 0.3) is 0 Å². The first-order chi connectivity index (χ1) is 7.83. The van der Waals surface area contributed by atoms with E-state index in [9.17, 15) is 0 Å². The van der Waals surface area contributed by atoms with Gasteiger partial charge in [-0.05, 0) is 51.4 Å². The lowest BCUT2D eigenvalue weighted by molar-refractivity contribution is 0.100. The molecule has 0 aliphatic heterocycles. The molecule has 0 aliphatic carbocycles. The monoisotopic (exact) mass is 426 g/mol. The second-order valence-electron chi connectivity index (χ2n) is 5.37. The Kier molecular flexibility index (Phi) is 6.16. The zero-order chi connectivity index (χ0) is 13.1. The number of hydrogen-bond donors (Lipinski definition) is 0. The van der Waals surface area contributed by atoms with E-state index in [4.69, 9.17) is 4.74 Å². The van der Waals surface area contributed by atoms with Gasteiger partial charge < -0.3 is 4.74 Å². The van der Waals surface area contributed by atoms with Gasteiger partial charge in [0.05, 0.1) is 6.61 Å². The molecule has 1 aromatic rings. The van der Waals surface area contributed by atoms with Crippen LogP contribution < -0.4 is 0 Å². The Morgan fingerprint density at radius 2 is 2.00 bits per heavy atom. The molecular weight excluding hydrogens is 407 g/mol. The normalized spacial score (nSPS) is 12.2. The molecule has 1 aromatic carbocycles.